The quantitative estimate of drug-likeness (QED) is 0.749. The van der Waals surface area contributed by atoms with Gasteiger partial charge in [-0.15, -0.1) is 0 Å². The van der Waals surface area contributed by atoms with Gasteiger partial charge in [-0.25, -0.2) is 0 Å². The number of pyridine rings is 1. The molecule has 0 fully saturated rings. The topological polar surface area (TPSA) is 48.1 Å². The Morgan fingerprint density at radius 3 is 2.57 bits per heavy atom. The molecule has 0 bridgehead atoms. The number of para-hydroxylation sites is 1. The molecule has 0 atom stereocenters. The van der Waals surface area contributed by atoms with Crippen LogP contribution in [0.5, 0.6) is 5.75 Å². The van der Waals surface area contributed by atoms with Crippen molar-refractivity contribution in [1.82, 2.24) is 4.98 Å². The summed E-state index contributed by atoms with van der Waals surface area (Å²) in [5.74, 6) is 0.788. The van der Waals surface area contributed by atoms with Crippen molar-refractivity contribution >= 4 is 28.1 Å². The first kappa shape index (κ1) is 13.5. The summed E-state index contributed by atoms with van der Waals surface area (Å²) in [5, 5.41) is 1.11. The first-order valence-electron chi connectivity index (χ1n) is 6.59. The highest BCUT2D eigenvalue weighted by molar-refractivity contribution is 7.80. The van der Waals surface area contributed by atoms with Crippen LogP contribution in [0.25, 0.3) is 10.9 Å². The molecule has 0 radical (unpaired) electrons. The molecule has 21 heavy (non-hydrogen) atoms. The van der Waals surface area contributed by atoms with Gasteiger partial charge in [0.15, 0.2) is 0 Å². The van der Waals surface area contributed by atoms with Crippen LogP contribution < -0.4 is 10.5 Å². The minimum absolute atomic E-state index is 0.390. The van der Waals surface area contributed by atoms with Crippen molar-refractivity contribution in [2.24, 2.45) is 5.73 Å². The summed E-state index contributed by atoms with van der Waals surface area (Å²) in [6, 6.07) is 17.5. The van der Waals surface area contributed by atoms with E-state index in [-0.39, 0.29) is 0 Å². The van der Waals surface area contributed by atoms with E-state index in [0.717, 1.165) is 27.8 Å². The molecule has 3 aromatic rings. The van der Waals surface area contributed by atoms with Gasteiger partial charge >= 0.3 is 0 Å². The molecule has 3 nitrogen and oxygen atoms in total. The van der Waals surface area contributed by atoms with Gasteiger partial charge < -0.3 is 10.5 Å². The zero-order valence-electron chi connectivity index (χ0n) is 11.3. The Morgan fingerprint density at radius 1 is 1.05 bits per heavy atom. The Labute approximate surface area is 128 Å². The van der Waals surface area contributed by atoms with Crippen LogP contribution in [0.1, 0.15) is 11.1 Å². The summed E-state index contributed by atoms with van der Waals surface area (Å²) in [6.07, 6.45) is 1.80. The molecular weight excluding hydrogens is 280 g/mol. The van der Waals surface area contributed by atoms with Crippen LogP contribution in [-0.4, -0.2) is 9.97 Å². The molecule has 0 amide bonds. The normalized spacial score (nSPS) is 10.5. The zero-order chi connectivity index (χ0) is 14.7. The van der Waals surface area contributed by atoms with E-state index in [1.54, 1.807) is 6.20 Å². The molecular formula is C17H14N2OS. The van der Waals surface area contributed by atoms with Crippen molar-refractivity contribution in [3.8, 4) is 5.75 Å². The molecule has 0 saturated carbocycles. The lowest BCUT2D eigenvalue weighted by Gasteiger charge is -2.09. The van der Waals surface area contributed by atoms with E-state index in [1.165, 1.54) is 0 Å². The molecule has 0 aliphatic carbocycles. The van der Waals surface area contributed by atoms with Crippen molar-refractivity contribution < 1.29 is 4.74 Å². The summed E-state index contributed by atoms with van der Waals surface area (Å²) >= 11 is 4.93. The Kier molecular flexibility index (Phi) is 3.79. The van der Waals surface area contributed by atoms with E-state index < -0.39 is 0 Å². The van der Waals surface area contributed by atoms with E-state index in [1.807, 2.05) is 48.5 Å². The fourth-order valence-electron chi connectivity index (χ4n) is 2.16. The van der Waals surface area contributed by atoms with Crippen molar-refractivity contribution in [2.75, 3.05) is 0 Å². The van der Waals surface area contributed by atoms with Gasteiger partial charge in [0.25, 0.3) is 0 Å². The fourth-order valence-corrected chi connectivity index (χ4v) is 2.29. The number of hydrogen-bond acceptors (Lipinski definition) is 3. The highest BCUT2D eigenvalue weighted by atomic mass is 32.1. The first-order chi connectivity index (χ1) is 10.2. The first-order valence-corrected chi connectivity index (χ1v) is 7.00. The van der Waals surface area contributed by atoms with Gasteiger partial charge in [0.1, 0.15) is 17.3 Å². The largest absolute Gasteiger partial charge is 0.489 e. The summed E-state index contributed by atoms with van der Waals surface area (Å²) in [6.45, 7) is 0.495. The van der Waals surface area contributed by atoms with Crippen molar-refractivity contribution in [3.63, 3.8) is 0 Å². The third-order valence-electron chi connectivity index (χ3n) is 3.27. The molecule has 0 spiro atoms. The Hall–Kier alpha value is -2.46. The maximum absolute atomic E-state index is 5.82. The van der Waals surface area contributed by atoms with E-state index in [9.17, 15) is 0 Å². The molecule has 0 saturated heterocycles. The molecule has 2 N–H and O–H groups in total. The number of thiocarbonyl (C=S) groups is 1. The van der Waals surface area contributed by atoms with E-state index in [4.69, 9.17) is 22.7 Å². The summed E-state index contributed by atoms with van der Waals surface area (Å²) < 4.78 is 5.82. The number of ether oxygens (including phenoxy) is 1. The van der Waals surface area contributed by atoms with Crippen LogP contribution in [0, 0.1) is 0 Å². The molecule has 4 heteroatoms. The highest BCUT2D eigenvalue weighted by Gasteiger charge is 2.03. The number of nitrogens with zero attached hydrogens (tertiary/aromatic N) is 1. The average molecular weight is 294 g/mol. The third kappa shape index (κ3) is 3.01. The molecule has 1 aromatic heterocycles. The summed E-state index contributed by atoms with van der Waals surface area (Å²) in [4.78, 5) is 4.73. The molecule has 0 unspecified atom stereocenters. The van der Waals surface area contributed by atoms with Crippen molar-refractivity contribution in [1.29, 1.82) is 0 Å². The van der Waals surface area contributed by atoms with Crippen LogP contribution in [0.4, 0.5) is 0 Å². The highest BCUT2D eigenvalue weighted by Crippen LogP contribution is 2.19. The van der Waals surface area contributed by atoms with E-state index in [0.29, 0.717) is 11.6 Å². The van der Waals surface area contributed by atoms with Gasteiger partial charge in [-0.1, -0.05) is 30.4 Å². The monoisotopic (exact) mass is 294 g/mol. The summed E-state index contributed by atoms with van der Waals surface area (Å²) in [7, 11) is 0. The number of aromatic nitrogens is 1. The number of benzene rings is 2. The second-order valence-electron chi connectivity index (χ2n) is 4.66. The van der Waals surface area contributed by atoms with E-state index in [2.05, 4.69) is 11.1 Å². The molecule has 1 heterocycles. The van der Waals surface area contributed by atoms with E-state index >= 15 is 0 Å². The maximum Gasteiger partial charge on any atom is 0.119 e. The lowest BCUT2D eigenvalue weighted by Crippen LogP contribution is -2.08. The smallest absolute Gasteiger partial charge is 0.119 e. The molecule has 3 rings (SSSR count). The van der Waals surface area contributed by atoms with Crippen LogP contribution in [0.2, 0.25) is 0 Å². The van der Waals surface area contributed by atoms with Crippen molar-refractivity contribution in [3.05, 3.63) is 71.9 Å². The second-order valence-corrected chi connectivity index (χ2v) is 5.10. The summed E-state index contributed by atoms with van der Waals surface area (Å²) in [5.41, 5.74) is 8.50. The van der Waals surface area contributed by atoms with Gasteiger partial charge in [-0.05, 0) is 36.4 Å². The second kappa shape index (κ2) is 5.89. The van der Waals surface area contributed by atoms with Gasteiger partial charge in [-0.3, -0.25) is 4.98 Å². The van der Waals surface area contributed by atoms with Crippen molar-refractivity contribution in [2.45, 2.75) is 6.61 Å². The fraction of sp³-hybridized carbons (Fsp3) is 0.0588. The number of nitrogens with two attached hydrogens (primary N) is 1. The minimum Gasteiger partial charge on any atom is -0.489 e. The lowest BCUT2D eigenvalue weighted by molar-refractivity contribution is 0.307. The van der Waals surface area contributed by atoms with Crippen LogP contribution in [0.3, 0.4) is 0 Å². The SMILES string of the molecule is NC(=S)c1ccc(OCc2ccnc3ccccc23)cc1. The maximum atomic E-state index is 5.82. The lowest BCUT2D eigenvalue weighted by atomic mass is 10.1. The number of rotatable bonds is 4. The van der Waals surface area contributed by atoms with Gasteiger partial charge in [-0.2, -0.15) is 0 Å². The third-order valence-corrected chi connectivity index (χ3v) is 3.51. The average Bonchev–Trinajstić information content (AvgIpc) is 2.53. The van der Waals surface area contributed by atoms with Gasteiger partial charge in [0, 0.05) is 22.7 Å². The standard InChI is InChI=1S/C17H14N2OS/c18-17(21)12-5-7-14(8-6-12)20-11-13-9-10-19-16-4-2-1-3-15(13)16/h1-10H,11H2,(H2,18,21). The predicted molar refractivity (Wildman–Crippen MR) is 88.4 cm³/mol. The molecule has 104 valence electrons. The molecule has 0 aliphatic rings. The number of hydrogen-bond donors (Lipinski definition) is 1. The Balaban J connectivity index is 1.79. The number of fused-ring (bicyclic) bond motifs is 1. The van der Waals surface area contributed by atoms with Crippen LogP contribution in [-0.2, 0) is 6.61 Å². The minimum atomic E-state index is 0.390. The van der Waals surface area contributed by atoms with Gasteiger partial charge in [0.05, 0.1) is 5.52 Å². The van der Waals surface area contributed by atoms with Crippen LogP contribution in [0.15, 0.2) is 60.8 Å². The Morgan fingerprint density at radius 2 is 1.81 bits per heavy atom. The van der Waals surface area contributed by atoms with Gasteiger partial charge in [0.2, 0.25) is 0 Å². The zero-order valence-corrected chi connectivity index (χ0v) is 12.1. The molecule has 0 aliphatic heterocycles. The van der Waals surface area contributed by atoms with Crippen LogP contribution >= 0.6 is 12.2 Å². The predicted octanol–water partition coefficient (Wildman–Crippen LogP) is 3.45. The Bertz CT molecular complexity index is 779. The molecule has 2 aromatic carbocycles.